The smallest absolute Gasteiger partial charge is 0.309 e. The van der Waals surface area contributed by atoms with E-state index in [4.69, 9.17) is 4.74 Å². The average Bonchev–Trinajstić information content (AvgIpc) is 3.09. The van der Waals surface area contributed by atoms with Crippen molar-refractivity contribution >= 4 is 5.97 Å². The highest BCUT2D eigenvalue weighted by atomic mass is 16.5. The van der Waals surface area contributed by atoms with E-state index in [0.29, 0.717) is 23.2 Å². The third kappa shape index (κ3) is 1.21. The van der Waals surface area contributed by atoms with Gasteiger partial charge in [0, 0.05) is 5.92 Å². The van der Waals surface area contributed by atoms with Crippen molar-refractivity contribution < 1.29 is 9.53 Å². The quantitative estimate of drug-likeness (QED) is 0.500. The molecule has 1 saturated heterocycles. The molecule has 0 amide bonds. The fourth-order valence-electron chi connectivity index (χ4n) is 7.59. The molecular formula is C18H26O2. The summed E-state index contributed by atoms with van der Waals surface area (Å²) < 4.78 is 5.41. The summed E-state index contributed by atoms with van der Waals surface area (Å²) in [6.07, 6.45) is 4.26. The summed E-state index contributed by atoms with van der Waals surface area (Å²) >= 11 is 0. The Morgan fingerprint density at radius 3 is 2.50 bits per heavy atom. The van der Waals surface area contributed by atoms with Crippen LogP contribution in [-0.4, -0.2) is 12.6 Å². The van der Waals surface area contributed by atoms with Crippen LogP contribution in [0, 0.1) is 58.7 Å². The van der Waals surface area contributed by atoms with E-state index >= 15 is 0 Å². The van der Waals surface area contributed by atoms with Crippen LogP contribution in [0.5, 0.6) is 0 Å². The van der Waals surface area contributed by atoms with Crippen molar-refractivity contribution in [3.63, 3.8) is 0 Å². The first-order valence-electron chi connectivity index (χ1n) is 8.63. The van der Waals surface area contributed by atoms with E-state index in [0.717, 1.165) is 42.1 Å². The fourth-order valence-corrected chi connectivity index (χ4v) is 7.59. The second kappa shape index (κ2) is 3.44. The molecule has 20 heavy (non-hydrogen) atoms. The van der Waals surface area contributed by atoms with Gasteiger partial charge in [-0.3, -0.25) is 4.79 Å². The van der Waals surface area contributed by atoms with Crippen LogP contribution < -0.4 is 0 Å². The predicted molar refractivity (Wildman–Crippen MR) is 75.7 cm³/mol. The van der Waals surface area contributed by atoms with E-state index < -0.39 is 0 Å². The van der Waals surface area contributed by atoms with Crippen LogP contribution >= 0.6 is 0 Å². The number of cyclic esters (lactones) is 1. The maximum atomic E-state index is 12.0. The number of rotatable bonds is 0. The Labute approximate surface area is 121 Å². The largest absolute Gasteiger partial charge is 0.465 e. The Hall–Kier alpha value is -0.530. The zero-order valence-electron chi connectivity index (χ0n) is 12.8. The van der Waals surface area contributed by atoms with Gasteiger partial charge in [-0.05, 0) is 66.1 Å². The zero-order valence-corrected chi connectivity index (χ0v) is 12.8. The van der Waals surface area contributed by atoms with Crippen molar-refractivity contribution in [2.24, 2.45) is 58.7 Å². The van der Waals surface area contributed by atoms with Gasteiger partial charge in [-0.25, -0.2) is 0 Å². The monoisotopic (exact) mass is 274 g/mol. The minimum absolute atomic E-state index is 0.149. The van der Waals surface area contributed by atoms with Gasteiger partial charge in [-0.15, -0.1) is 0 Å². The number of hydrogen-bond donors (Lipinski definition) is 0. The van der Waals surface area contributed by atoms with E-state index in [2.05, 4.69) is 20.8 Å². The van der Waals surface area contributed by atoms with Crippen molar-refractivity contribution in [1.29, 1.82) is 0 Å². The second-order valence-electron chi connectivity index (χ2n) is 9.41. The van der Waals surface area contributed by atoms with Crippen LogP contribution in [0.15, 0.2) is 0 Å². The lowest BCUT2D eigenvalue weighted by Gasteiger charge is -2.45. The molecule has 0 aromatic rings. The fraction of sp³-hybridized carbons (Fsp3) is 0.944. The van der Waals surface area contributed by atoms with Crippen LogP contribution in [0.25, 0.3) is 0 Å². The molecule has 0 spiro atoms. The third-order valence-corrected chi connectivity index (χ3v) is 7.94. The number of carbonyl (C=O) groups excluding carboxylic acids is 1. The molecule has 2 heteroatoms. The molecule has 5 rings (SSSR count). The van der Waals surface area contributed by atoms with Gasteiger partial charge in [-0.1, -0.05) is 20.8 Å². The maximum Gasteiger partial charge on any atom is 0.309 e. The maximum absolute atomic E-state index is 12.0. The molecule has 0 aromatic heterocycles. The first-order valence-corrected chi connectivity index (χ1v) is 8.63. The Kier molecular flexibility index (Phi) is 2.08. The van der Waals surface area contributed by atoms with Crippen LogP contribution in [-0.2, 0) is 9.53 Å². The molecule has 9 unspecified atom stereocenters. The van der Waals surface area contributed by atoms with Gasteiger partial charge in [-0.2, -0.15) is 0 Å². The normalized spacial score (nSPS) is 59.0. The van der Waals surface area contributed by atoms with E-state index in [1.54, 1.807) is 0 Å². The van der Waals surface area contributed by atoms with Crippen molar-refractivity contribution in [3.8, 4) is 0 Å². The molecule has 4 saturated carbocycles. The molecule has 0 radical (unpaired) electrons. The van der Waals surface area contributed by atoms with E-state index in [1.807, 2.05) is 0 Å². The minimum Gasteiger partial charge on any atom is -0.465 e. The van der Waals surface area contributed by atoms with Crippen molar-refractivity contribution in [1.82, 2.24) is 0 Å². The predicted octanol–water partition coefficient (Wildman–Crippen LogP) is 3.36. The number of fused-ring (bicyclic) bond motifs is 12. The van der Waals surface area contributed by atoms with Gasteiger partial charge in [0.15, 0.2) is 0 Å². The summed E-state index contributed by atoms with van der Waals surface area (Å²) in [5.74, 6) is 7.19. The highest BCUT2D eigenvalue weighted by molar-refractivity contribution is 5.76. The van der Waals surface area contributed by atoms with Crippen LogP contribution in [0.3, 0.4) is 0 Å². The summed E-state index contributed by atoms with van der Waals surface area (Å²) in [5.41, 5.74) is 0.466. The molecule has 4 aliphatic carbocycles. The molecular weight excluding hydrogens is 248 g/mol. The van der Waals surface area contributed by atoms with Crippen LogP contribution in [0.2, 0.25) is 0 Å². The van der Waals surface area contributed by atoms with Gasteiger partial charge in [0.25, 0.3) is 0 Å². The summed E-state index contributed by atoms with van der Waals surface area (Å²) in [6, 6.07) is 0. The minimum atomic E-state index is 0.149. The van der Waals surface area contributed by atoms with Crippen LogP contribution in [0.1, 0.15) is 40.0 Å². The van der Waals surface area contributed by atoms with Gasteiger partial charge in [0.1, 0.15) is 0 Å². The van der Waals surface area contributed by atoms with E-state index in [1.165, 1.54) is 19.3 Å². The molecule has 110 valence electrons. The van der Waals surface area contributed by atoms with Gasteiger partial charge >= 0.3 is 5.97 Å². The number of esters is 1. The Bertz CT molecular complexity index is 476. The lowest BCUT2D eigenvalue weighted by molar-refractivity contribution is -0.143. The molecule has 2 nitrogen and oxygen atoms in total. The Morgan fingerprint density at radius 1 is 0.950 bits per heavy atom. The zero-order chi connectivity index (χ0) is 13.8. The molecule has 9 atom stereocenters. The van der Waals surface area contributed by atoms with Gasteiger partial charge in [0.2, 0.25) is 0 Å². The van der Waals surface area contributed by atoms with Crippen molar-refractivity contribution in [2.45, 2.75) is 40.0 Å². The van der Waals surface area contributed by atoms with Crippen molar-refractivity contribution in [3.05, 3.63) is 0 Å². The topological polar surface area (TPSA) is 26.3 Å². The summed E-state index contributed by atoms with van der Waals surface area (Å²) in [5, 5.41) is 0. The summed E-state index contributed by atoms with van der Waals surface area (Å²) in [6.45, 7) is 8.05. The Balaban J connectivity index is 1.50. The number of hydrogen-bond acceptors (Lipinski definition) is 2. The molecule has 1 aliphatic heterocycles. The highest BCUT2D eigenvalue weighted by Crippen LogP contribution is 2.73. The van der Waals surface area contributed by atoms with Gasteiger partial charge in [0.05, 0.1) is 12.5 Å². The first kappa shape index (κ1) is 12.1. The average molecular weight is 274 g/mol. The lowest BCUT2D eigenvalue weighted by Crippen LogP contribution is -2.43. The molecule has 0 aromatic carbocycles. The standard InChI is InChI=1S/C18H26O2/c1-18(2,3)13-5-8-4-10(13)15-9-6-11(14(8)15)16-12(9)7-20-17(16)19/h8-16H,4-7H2,1-3H3. The van der Waals surface area contributed by atoms with E-state index in [9.17, 15) is 4.79 Å². The van der Waals surface area contributed by atoms with E-state index in [-0.39, 0.29) is 5.97 Å². The Morgan fingerprint density at radius 2 is 1.75 bits per heavy atom. The highest BCUT2D eigenvalue weighted by Gasteiger charge is 2.70. The number of ether oxygens (including phenoxy) is 1. The second-order valence-corrected chi connectivity index (χ2v) is 9.41. The molecule has 4 bridgehead atoms. The first-order chi connectivity index (χ1) is 9.47. The summed E-state index contributed by atoms with van der Waals surface area (Å²) in [7, 11) is 0. The third-order valence-electron chi connectivity index (χ3n) is 7.94. The van der Waals surface area contributed by atoms with Crippen LogP contribution in [0.4, 0.5) is 0 Å². The summed E-state index contributed by atoms with van der Waals surface area (Å²) in [4.78, 5) is 12.0. The van der Waals surface area contributed by atoms with Gasteiger partial charge < -0.3 is 4.74 Å². The SMILES string of the molecule is CC(C)(C)C1CC2CC1C1C3CC(C4C(=O)OCC34)C21. The number of carbonyl (C=O) groups is 1. The lowest BCUT2D eigenvalue weighted by atomic mass is 9.58. The molecule has 5 aliphatic rings. The molecule has 1 heterocycles. The van der Waals surface area contributed by atoms with Crippen molar-refractivity contribution in [2.75, 3.05) is 6.61 Å². The molecule has 5 fully saturated rings. The molecule has 0 N–H and O–H groups in total.